The minimum atomic E-state index is -0.311. The highest BCUT2D eigenvalue weighted by Crippen LogP contribution is 2.33. The maximum absolute atomic E-state index is 13.2. The van der Waals surface area contributed by atoms with E-state index in [9.17, 15) is 9.18 Å². The Kier molecular flexibility index (Phi) is 3.08. The van der Waals surface area contributed by atoms with E-state index in [-0.39, 0.29) is 17.5 Å². The van der Waals surface area contributed by atoms with Crippen molar-refractivity contribution >= 4 is 5.78 Å². The highest BCUT2D eigenvalue weighted by molar-refractivity contribution is 5.98. The molecular formula is C14H17FO. The Balaban J connectivity index is 2.26. The molecule has 0 radical (unpaired) electrons. The maximum atomic E-state index is 13.2. The van der Waals surface area contributed by atoms with Crippen LogP contribution in [-0.2, 0) is 0 Å². The smallest absolute Gasteiger partial charge is 0.166 e. The summed E-state index contributed by atoms with van der Waals surface area (Å²) in [5.74, 6) is 0.346. The predicted molar refractivity (Wildman–Crippen MR) is 62.0 cm³/mol. The number of carbonyl (C=O) groups excluding carboxylic acids is 1. The molecule has 86 valence electrons. The highest BCUT2D eigenvalue weighted by Gasteiger charge is 2.30. The molecule has 0 saturated heterocycles. The molecule has 0 N–H and O–H groups in total. The molecule has 1 aromatic carbocycles. The molecule has 1 aromatic rings. The quantitative estimate of drug-likeness (QED) is 0.694. The van der Waals surface area contributed by atoms with Crippen molar-refractivity contribution in [2.75, 3.05) is 0 Å². The van der Waals surface area contributed by atoms with Crippen molar-refractivity contribution in [2.24, 2.45) is 11.8 Å². The Bertz CT molecular complexity index is 391. The van der Waals surface area contributed by atoms with Gasteiger partial charge in [-0.1, -0.05) is 13.3 Å². The molecule has 2 rings (SSSR count). The lowest BCUT2D eigenvalue weighted by Gasteiger charge is -2.14. The molecule has 0 heterocycles. The molecule has 16 heavy (non-hydrogen) atoms. The number of halogens is 1. The first-order valence-electron chi connectivity index (χ1n) is 5.89. The lowest BCUT2D eigenvalue weighted by molar-refractivity contribution is 0.0896. The fourth-order valence-corrected chi connectivity index (χ4v) is 2.63. The average Bonchev–Trinajstić information content (AvgIpc) is 2.62. The predicted octanol–water partition coefficient (Wildman–Crippen LogP) is 3.75. The van der Waals surface area contributed by atoms with Crippen LogP contribution in [0.3, 0.4) is 0 Å². The van der Waals surface area contributed by atoms with E-state index in [0.717, 1.165) is 24.8 Å². The van der Waals surface area contributed by atoms with Crippen molar-refractivity contribution < 1.29 is 9.18 Å². The van der Waals surface area contributed by atoms with Gasteiger partial charge in [-0.2, -0.15) is 0 Å². The maximum Gasteiger partial charge on any atom is 0.166 e. The summed E-state index contributed by atoms with van der Waals surface area (Å²) in [4.78, 5) is 12.2. The summed E-state index contributed by atoms with van der Waals surface area (Å²) in [6, 6.07) is 4.60. The van der Waals surface area contributed by atoms with E-state index in [1.807, 2.05) is 6.92 Å². The van der Waals surface area contributed by atoms with Crippen LogP contribution in [0.2, 0.25) is 0 Å². The lowest BCUT2D eigenvalue weighted by atomic mass is 9.89. The van der Waals surface area contributed by atoms with Gasteiger partial charge >= 0.3 is 0 Å². The molecule has 0 amide bonds. The molecule has 1 aliphatic carbocycles. The molecular weight excluding hydrogens is 203 g/mol. The van der Waals surface area contributed by atoms with Crippen LogP contribution >= 0.6 is 0 Å². The number of hydrogen-bond acceptors (Lipinski definition) is 1. The van der Waals surface area contributed by atoms with Gasteiger partial charge in [-0.25, -0.2) is 4.39 Å². The molecule has 2 atom stereocenters. The number of aryl methyl sites for hydroxylation is 1. The minimum Gasteiger partial charge on any atom is -0.294 e. The Morgan fingerprint density at radius 2 is 2.06 bits per heavy atom. The van der Waals surface area contributed by atoms with Gasteiger partial charge in [0.05, 0.1) is 0 Å². The van der Waals surface area contributed by atoms with Crippen LogP contribution in [0.5, 0.6) is 0 Å². The second-order valence-electron chi connectivity index (χ2n) is 4.90. The Morgan fingerprint density at radius 1 is 1.31 bits per heavy atom. The van der Waals surface area contributed by atoms with Gasteiger partial charge in [0.1, 0.15) is 5.82 Å². The third-order valence-electron chi connectivity index (χ3n) is 3.52. The molecule has 0 aromatic heterocycles. The van der Waals surface area contributed by atoms with Crippen LogP contribution in [0.4, 0.5) is 4.39 Å². The van der Waals surface area contributed by atoms with Gasteiger partial charge in [0, 0.05) is 11.5 Å². The van der Waals surface area contributed by atoms with Crippen molar-refractivity contribution in [1.82, 2.24) is 0 Å². The largest absolute Gasteiger partial charge is 0.294 e. The highest BCUT2D eigenvalue weighted by atomic mass is 19.1. The number of Topliss-reactive ketones (excluding diaryl/α,β-unsaturated/α-hetero) is 1. The van der Waals surface area contributed by atoms with Crippen LogP contribution in [-0.4, -0.2) is 5.78 Å². The summed E-state index contributed by atoms with van der Waals surface area (Å²) in [5, 5.41) is 0. The average molecular weight is 220 g/mol. The first-order valence-corrected chi connectivity index (χ1v) is 5.89. The topological polar surface area (TPSA) is 17.1 Å². The first kappa shape index (κ1) is 11.3. The number of rotatable bonds is 2. The summed E-state index contributed by atoms with van der Waals surface area (Å²) < 4.78 is 13.2. The zero-order valence-electron chi connectivity index (χ0n) is 9.79. The van der Waals surface area contributed by atoms with Gasteiger partial charge in [0.15, 0.2) is 5.78 Å². The Morgan fingerprint density at radius 3 is 2.62 bits per heavy atom. The molecule has 2 unspecified atom stereocenters. The second-order valence-corrected chi connectivity index (χ2v) is 4.90. The molecule has 2 heteroatoms. The van der Waals surface area contributed by atoms with Crippen LogP contribution in [0.25, 0.3) is 0 Å². The third kappa shape index (κ3) is 2.16. The minimum absolute atomic E-state index is 0.0983. The molecule has 0 bridgehead atoms. The zero-order valence-corrected chi connectivity index (χ0v) is 9.79. The van der Waals surface area contributed by atoms with Gasteiger partial charge in [0.25, 0.3) is 0 Å². The monoisotopic (exact) mass is 220 g/mol. The van der Waals surface area contributed by atoms with E-state index in [2.05, 4.69) is 6.92 Å². The summed E-state index contributed by atoms with van der Waals surface area (Å²) in [5.41, 5.74) is 1.35. The standard InChI is InChI=1S/C14H17FO/c1-9-6-11(8-12(15)7-9)14(16)13-5-3-4-10(13)2/h6-8,10,13H,3-5H2,1-2H3. The van der Waals surface area contributed by atoms with E-state index >= 15 is 0 Å². The molecule has 0 aliphatic heterocycles. The van der Waals surface area contributed by atoms with Crippen molar-refractivity contribution in [2.45, 2.75) is 33.1 Å². The van der Waals surface area contributed by atoms with E-state index < -0.39 is 0 Å². The first-order chi connectivity index (χ1) is 7.58. The van der Waals surface area contributed by atoms with Crippen LogP contribution in [0.15, 0.2) is 18.2 Å². The van der Waals surface area contributed by atoms with Gasteiger partial charge < -0.3 is 0 Å². The number of hydrogen-bond donors (Lipinski definition) is 0. The van der Waals surface area contributed by atoms with Gasteiger partial charge in [0.2, 0.25) is 0 Å². The molecule has 1 saturated carbocycles. The summed E-state index contributed by atoms with van der Waals surface area (Å²) in [7, 11) is 0. The third-order valence-corrected chi connectivity index (χ3v) is 3.52. The number of carbonyl (C=O) groups is 1. The van der Waals surface area contributed by atoms with Crippen molar-refractivity contribution in [3.8, 4) is 0 Å². The summed E-state index contributed by atoms with van der Waals surface area (Å²) in [6.45, 7) is 3.93. The summed E-state index contributed by atoms with van der Waals surface area (Å²) >= 11 is 0. The van der Waals surface area contributed by atoms with Crippen LogP contribution < -0.4 is 0 Å². The summed E-state index contributed by atoms with van der Waals surface area (Å²) in [6.07, 6.45) is 3.19. The number of benzene rings is 1. The Hall–Kier alpha value is -1.18. The van der Waals surface area contributed by atoms with Crippen LogP contribution in [0, 0.1) is 24.6 Å². The zero-order chi connectivity index (χ0) is 11.7. The van der Waals surface area contributed by atoms with E-state index in [4.69, 9.17) is 0 Å². The van der Waals surface area contributed by atoms with Crippen molar-refractivity contribution in [3.05, 3.63) is 35.1 Å². The van der Waals surface area contributed by atoms with Gasteiger partial charge in [-0.05, 0) is 49.4 Å². The van der Waals surface area contributed by atoms with E-state index in [0.29, 0.717) is 11.5 Å². The van der Waals surface area contributed by atoms with Crippen LogP contribution in [0.1, 0.15) is 42.1 Å². The van der Waals surface area contributed by atoms with Gasteiger partial charge in [-0.3, -0.25) is 4.79 Å². The SMILES string of the molecule is Cc1cc(F)cc(C(=O)C2CCCC2C)c1. The normalized spacial score (nSPS) is 24.7. The fourth-order valence-electron chi connectivity index (χ4n) is 2.63. The fraction of sp³-hybridized carbons (Fsp3) is 0.500. The lowest BCUT2D eigenvalue weighted by Crippen LogP contribution is -2.17. The molecule has 1 fully saturated rings. The second kappa shape index (κ2) is 4.36. The van der Waals surface area contributed by atoms with Crippen molar-refractivity contribution in [3.63, 3.8) is 0 Å². The van der Waals surface area contributed by atoms with Crippen molar-refractivity contribution in [1.29, 1.82) is 0 Å². The van der Waals surface area contributed by atoms with Gasteiger partial charge in [-0.15, -0.1) is 0 Å². The van der Waals surface area contributed by atoms with E-state index in [1.54, 1.807) is 6.07 Å². The molecule has 1 nitrogen and oxygen atoms in total. The molecule has 0 spiro atoms. The molecule has 1 aliphatic rings. The Labute approximate surface area is 95.7 Å². The van der Waals surface area contributed by atoms with E-state index in [1.165, 1.54) is 12.1 Å². The number of ketones is 1.